The van der Waals surface area contributed by atoms with Gasteiger partial charge in [-0.05, 0) is 18.1 Å². The zero-order chi connectivity index (χ0) is 16.2. The van der Waals surface area contributed by atoms with E-state index in [1.807, 2.05) is 12.1 Å². The van der Waals surface area contributed by atoms with Crippen LogP contribution in [0, 0.1) is 0 Å². The van der Waals surface area contributed by atoms with Crippen LogP contribution in [0.25, 0.3) is 10.9 Å². The summed E-state index contributed by atoms with van der Waals surface area (Å²) in [4.78, 5) is 12.2. The number of anilines is 1. The summed E-state index contributed by atoms with van der Waals surface area (Å²) in [5, 5.41) is 4.65. The highest BCUT2D eigenvalue weighted by Crippen LogP contribution is 2.20. The van der Waals surface area contributed by atoms with Crippen molar-refractivity contribution in [2.24, 2.45) is 0 Å². The van der Waals surface area contributed by atoms with E-state index in [4.69, 9.17) is 4.74 Å². The van der Waals surface area contributed by atoms with Gasteiger partial charge in [0.25, 0.3) is 0 Å². The van der Waals surface area contributed by atoms with Crippen LogP contribution < -0.4 is 10.1 Å². The summed E-state index contributed by atoms with van der Waals surface area (Å²) in [6.45, 7) is 4.95. The molecule has 0 aliphatic carbocycles. The van der Waals surface area contributed by atoms with E-state index in [1.54, 1.807) is 7.11 Å². The lowest BCUT2D eigenvalue weighted by Gasteiger charge is -2.11. The maximum absolute atomic E-state index is 5.26. The van der Waals surface area contributed by atoms with Crippen molar-refractivity contribution in [2.75, 3.05) is 19.0 Å². The molecule has 0 spiro atoms. The van der Waals surface area contributed by atoms with Crippen molar-refractivity contribution in [3.8, 4) is 5.88 Å². The van der Waals surface area contributed by atoms with Crippen LogP contribution in [0.15, 0.2) is 36.5 Å². The molecule has 0 amide bonds. The number of methoxy groups -OCH3 is 1. The van der Waals surface area contributed by atoms with Gasteiger partial charge in [-0.2, -0.15) is 4.98 Å². The SMILES string of the molecule is COc1cc(NCCc2c[nH]c3ccccc23)nc(C(C)C)n1. The molecule has 2 heterocycles. The Bertz CT molecular complexity index is 795. The normalized spacial score (nSPS) is 11.1. The Labute approximate surface area is 136 Å². The predicted octanol–water partition coefficient (Wildman–Crippen LogP) is 3.74. The van der Waals surface area contributed by atoms with E-state index in [0.717, 1.165) is 24.6 Å². The van der Waals surface area contributed by atoms with Gasteiger partial charge in [0.05, 0.1) is 7.11 Å². The van der Waals surface area contributed by atoms with Crippen molar-refractivity contribution < 1.29 is 4.74 Å². The molecule has 0 radical (unpaired) electrons. The Balaban J connectivity index is 1.70. The van der Waals surface area contributed by atoms with E-state index in [0.29, 0.717) is 5.88 Å². The number of ether oxygens (including phenoxy) is 1. The molecule has 120 valence electrons. The number of benzene rings is 1. The number of para-hydroxylation sites is 1. The van der Waals surface area contributed by atoms with E-state index in [9.17, 15) is 0 Å². The third-order valence-electron chi connectivity index (χ3n) is 3.82. The fourth-order valence-corrected chi connectivity index (χ4v) is 2.56. The summed E-state index contributed by atoms with van der Waals surface area (Å²) < 4.78 is 5.26. The smallest absolute Gasteiger partial charge is 0.218 e. The first-order valence-corrected chi connectivity index (χ1v) is 7.89. The zero-order valence-corrected chi connectivity index (χ0v) is 13.8. The molecule has 23 heavy (non-hydrogen) atoms. The van der Waals surface area contributed by atoms with E-state index >= 15 is 0 Å². The minimum absolute atomic E-state index is 0.263. The molecule has 2 N–H and O–H groups in total. The molecule has 3 rings (SSSR count). The maximum Gasteiger partial charge on any atom is 0.218 e. The fraction of sp³-hybridized carbons (Fsp3) is 0.333. The molecule has 0 saturated heterocycles. The summed E-state index contributed by atoms with van der Waals surface area (Å²) in [6.07, 6.45) is 3.00. The number of nitrogens with zero attached hydrogens (tertiary/aromatic N) is 2. The standard InChI is InChI=1S/C18H22N4O/c1-12(2)18-21-16(10-17(22-18)23-3)19-9-8-13-11-20-15-7-5-4-6-14(13)15/h4-7,10-12,20H,8-9H2,1-3H3,(H,19,21,22). The first kappa shape index (κ1) is 15.3. The molecule has 0 fully saturated rings. The third kappa shape index (κ3) is 3.44. The number of nitrogens with one attached hydrogen (secondary N) is 2. The van der Waals surface area contributed by atoms with Crippen LogP contribution in [0.3, 0.4) is 0 Å². The van der Waals surface area contributed by atoms with E-state index < -0.39 is 0 Å². The van der Waals surface area contributed by atoms with Gasteiger partial charge in [-0.3, -0.25) is 0 Å². The number of H-pyrrole nitrogens is 1. The maximum atomic E-state index is 5.26. The van der Waals surface area contributed by atoms with Gasteiger partial charge in [-0.25, -0.2) is 4.98 Å². The van der Waals surface area contributed by atoms with Crippen molar-refractivity contribution in [1.29, 1.82) is 0 Å². The molecule has 1 aromatic carbocycles. The average Bonchev–Trinajstić information content (AvgIpc) is 2.98. The lowest BCUT2D eigenvalue weighted by atomic mass is 10.1. The number of hydrogen-bond acceptors (Lipinski definition) is 4. The van der Waals surface area contributed by atoms with Gasteiger partial charge >= 0.3 is 0 Å². The molecule has 0 atom stereocenters. The lowest BCUT2D eigenvalue weighted by molar-refractivity contribution is 0.394. The predicted molar refractivity (Wildman–Crippen MR) is 93.2 cm³/mol. The molecule has 0 aliphatic heterocycles. The molecule has 3 aromatic rings. The Morgan fingerprint density at radius 1 is 1.22 bits per heavy atom. The van der Waals surface area contributed by atoms with Crippen LogP contribution >= 0.6 is 0 Å². The number of rotatable bonds is 6. The van der Waals surface area contributed by atoms with Gasteiger partial charge in [0.15, 0.2) is 0 Å². The first-order valence-electron chi connectivity index (χ1n) is 7.89. The molecular formula is C18H22N4O. The van der Waals surface area contributed by atoms with Gasteiger partial charge in [-0.1, -0.05) is 32.0 Å². The number of aromatic nitrogens is 3. The van der Waals surface area contributed by atoms with Crippen molar-refractivity contribution in [3.05, 3.63) is 47.9 Å². The minimum Gasteiger partial charge on any atom is -0.481 e. The minimum atomic E-state index is 0.263. The van der Waals surface area contributed by atoms with Gasteiger partial charge in [0.2, 0.25) is 5.88 Å². The second-order valence-corrected chi connectivity index (χ2v) is 5.84. The highest BCUT2D eigenvalue weighted by molar-refractivity contribution is 5.83. The molecule has 5 heteroatoms. The van der Waals surface area contributed by atoms with E-state index in [2.05, 4.69) is 58.5 Å². The molecule has 0 bridgehead atoms. The van der Waals surface area contributed by atoms with Crippen molar-refractivity contribution in [3.63, 3.8) is 0 Å². The summed E-state index contributed by atoms with van der Waals surface area (Å²) in [6, 6.07) is 10.2. The molecule has 5 nitrogen and oxygen atoms in total. The second kappa shape index (κ2) is 6.69. The van der Waals surface area contributed by atoms with Crippen LogP contribution in [0.4, 0.5) is 5.82 Å². The molecule has 0 saturated carbocycles. The Morgan fingerprint density at radius 3 is 2.83 bits per heavy atom. The van der Waals surface area contributed by atoms with Gasteiger partial charge < -0.3 is 15.0 Å². The Kier molecular flexibility index (Phi) is 4.46. The van der Waals surface area contributed by atoms with Crippen LogP contribution in [-0.4, -0.2) is 28.6 Å². The number of aromatic amines is 1. The summed E-state index contributed by atoms with van der Waals surface area (Å²) in [5.41, 5.74) is 2.48. The van der Waals surface area contributed by atoms with Gasteiger partial charge in [0, 0.05) is 35.6 Å². The Morgan fingerprint density at radius 2 is 2.04 bits per heavy atom. The second-order valence-electron chi connectivity index (χ2n) is 5.84. The van der Waals surface area contributed by atoms with Crippen LogP contribution in [0.1, 0.15) is 31.2 Å². The quantitative estimate of drug-likeness (QED) is 0.728. The average molecular weight is 310 g/mol. The number of hydrogen-bond donors (Lipinski definition) is 2. The fourth-order valence-electron chi connectivity index (χ4n) is 2.56. The van der Waals surface area contributed by atoms with E-state index in [-0.39, 0.29) is 5.92 Å². The van der Waals surface area contributed by atoms with Crippen LogP contribution in [0.5, 0.6) is 5.88 Å². The van der Waals surface area contributed by atoms with Crippen molar-refractivity contribution in [1.82, 2.24) is 15.0 Å². The summed E-state index contributed by atoms with van der Waals surface area (Å²) in [7, 11) is 1.63. The highest BCUT2D eigenvalue weighted by atomic mass is 16.5. The molecular weight excluding hydrogens is 288 g/mol. The lowest BCUT2D eigenvalue weighted by Crippen LogP contribution is -2.09. The van der Waals surface area contributed by atoms with Crippen LogP contribution in [-0.2, 0) is 6.42 Å². The summed E-state index contributed by atoms with van der Waals surface area (Å²) in [5.74, 6) is 2.46. The highest BCUT2D eigenvalue weighted by Gasteiger charge is 2.09. The third-order valence-corrected chi connectivity index (χ3v) is 3.82. The molecule has 0 unspecified atom stereocenters. The van der Waals surface area contributed by atoms with Crippen LogP contribution in [0.2, 0.25) is 0 Å². The van der Waals surface area contributed by atoms with Crippen molar-refractivity contribution >= 4 is 16.7 Å². The topological polar surface area (TPSA) is 62.8 Å². The number of fused-ring (bicyclic) bond motifs is 1. The first-order chi connectivity index (χ1) is 11.2. The summed E-state index contributed by atoms with van der Waals surface area (Å²) >= 11 is 0. The van der Waals surface area contributed by atoms with Gasteiger partial charge in [-0.15, -0.1) is 0 Å². The Hall–Kier alpha value is -2.56. The zero-order valence-electron chi connectivity index (χ0n) is 13.8. The molecule has 2 aromatic heterocycles. The monoisotopic (exact) mass is 310 g/mol. The van der Waals surface area contributed by atoms with E-state index in [1.165, 1.54) is 16.5 Å². The van der Waals surface area contributed by atoms with Crippen molar-refractivity contribution in [2.45, 2.75) is 26.2 Å². The molecule has 0 aliphatic rings. The van der Waals surface area contributed by atoms with Gasteiger partial charge in [0.1, 0.15) is 11.6 Å². The largest absolute Gasteiger partial charge is 0.481 e.